The number of hydrogen-bond acceptors (Lipinski definition) is 8. The molecule has 0 radical (unpaired) electrons. The van der Waals surface area contributed by atoms with Gasteiger partial charge in [0.15, 0.2) is 12.2 Å². The molecule has 6 atom stereocenters. The second-order valence-corrected chi connectivity index (χ2v) is 8.64. The SMILES string of the molecule is CN[C@H](C)CCC=C(C)C.CN[C@H](C)CCC=C(C)C.O=C(O)[C@@H](O)[C@H](O)[C@@H](O)[C@@H](O)C(=O)O. The van der Waals surface area contributed by atoms with Crippen LogP contribution >= 0.6 is 0 Å². The molecule has 0 aliphatic rings. The monoisotopic (exact) mass is 492 g/mol. The highest BCUT2D eigenvalue weighted by atomic mass is 16.4. The van der Waals surface area contributed by atoms with Gasteiger partial charge in [-0.1, -0.05) is 23.3 Å². The number of carboxylic acids is 2. The number of allylic oxidation sites excluding steroid dienone is 4. The van der Waals surface area contributed by atoms with Crippen molar-refractivity contribution in [1.29, 1.82) is 0 Å². The van der Waals surface area contributed by atoms with Gasteiger partial charge in [-0.25, -0.2) is 9.59 Å². The summed E-state index contributed by atoms with van der Waals surface area (Å²) in [4.78, 5) is 20.2. The summed E-state index contributed by atoms with van der Waals surface area (Å²) in [5.74, 6) is -3.68. The van der Waals surface area contributed by atoms with Crippen LogP contribution in [0.1, 0.15) is 67.2 Å². The summed E-state index contributed by atoms with van der Waals surface area (Å²) in [6, 6.07) is 1.30. The van der Waals surface area contributed by atoms with Crippen molar-refractivity contribution < 1.29 is 40.2 Å². The summed E-state index contributed by atoms with van der Waals surface area (Å²) in [5, 5.41) is 57.9. The van der Waals surface area contributed by atoms with E-state index in [-0.39, 0.29) is 0 Å². The van der Waals surface area contributed by atoms with Crippen LogP contribution in [0.4, 0.5) is 0 Å². The fraction of sp³-hybridized carbons (Fsp3) is 0.750. The second kappa shape index (κ2) is 21.7. The van der Waals surface area contributed by atoms with Crippen molar-refractivity contribution >= 4 is 11.9 Å². The minimum atomic E-state index is -2.36. The fourth-order valence-electron chi connectivity index (χ4n) is 2.20. The van der Waals surface area contributed by atoms with Crippen LogP contribution in [0.5, 0.6) is 0 Å². The van der Waals surface area contributed by atoms with E-state index in [9.17, 15) is 9.59 Å². The van der Waals surface area contributed by atoms with Gasteiger partial charge in [0.1, 0.15) is 12.2 Å². The maximum Gasteiger partial charge on any atom is 0.335 e. The third-order valence-electron chi connectivity index (χ3n) is 4.79. The van der Waals surface area contributed by atoms with E-state index in [1.54, 1.807) is 0 Å². The minimum absolute atomic E-state index is 0.649. The van der Waals surface area contributed by atoms with E-state index in [1.807, 2.05) is 14.1 Å². The molecule has 0 aromatic heterocycles. The summed E-state index contributed by atoms with van der Waals surface area (Å²) in [6.45, 7) is 13.0. The lowest BCUT2D eigenvalue weighted by molar-refractivity contribution is -0.172. The molecule has 0 saturated heterocycles. The summed E-state index contributed by atoms with van der Waals surface area (Å²) in [6.07, 6.45) is 0.162. The van der Waals surface area contributed by atoms with E-state index in [0.29, 0.717) is 12.1 Å². The number of aliphatic carboxylic acids is 2. The first-order valence-corrected chi connectivity index (χ1v) is 11.4. The molecule has 0 aliphatic heterocycles. The molecular formula is C24H48N2O8. The van der Waals surface area contributed by atoms with Crippen molar-refractivity contribution in [2.45, 2.75) is 104 Å². The average molecular weight is 493 g/mol. The Morgan fingerprint density at radius 1 is 0.676 bits per heavy atom. The number of hydrogen-bond donors (Lipinski definition) is 8. The smallest absolute Gasteiger partial charge is 0.335 e. The predicted octanol–water partition coefficient (Wildman–Crippen LogP) is 1.28. The standard InChI is InChI=1S/2C9H19N.C6H10O8/c2*1-8(2)6-5-7-9(3)10-4;7-1(3(9)5(11)12)2(8)4(10)6(13)14/h2*6,9-10H,5,7H2,1-4H3;1-4,7-10H,(H,11,12)(H,13,14)/t2*9-;1-,2-,3-,4+/m111/s1. The van der Waals surface area contributed by atoms with Gasteiger partial charge in [0.25, 0.3) is 0 Å². The maximum atomic E-state index is 10.1. The minimum Gasteiger partial charge on any atom is -0.479 e. The maximum absolute atomic E-state index is 10.1. The van der Waals surface area contributed by atoms with Gasteiger partial charge in [0.2, 0.25) is 0 Å². The molecule has 0 aromatic rings. The molecule has 8 N–H and O–H groups in total. The molecule has 0 aromatic carbocycles. The van der Waals surface area contributed by atoms with Crippen LogP contribution in [-0.4, -0.2) is 93.2 Å². The quantitative estimate of drug-likeness (QED) is 0.175. The van der Waals surface area contributed by atoms with E-state index < -0.39 is 36.4 Å². The first-order valence-electron chi connectivity index (χ1n) is 11.4. The van der Waals surface area contributed by atoms with Crippen molar-refractivity contribution in [3.05, 3.63) is 23.3 Å². The molecule has 202 valence electrons. The molecule has 0 fully saturated rings. The van der Waals surface area contributed by atoms with E-state index >= 15 is 0 Å². The Balaban J connectivity index is -0.000000434. The van der Waals surface area contributed by atoms with Gasteiger partial charge < -0.3 is 41.3 Å². The number of aliphatic hydroxyl groups is 4. The van der Waals surface area contributed by atoms with E-state index in [2.05, 4.69) is 64.3 Å². The molecule has 0 saturated carbocycles. The first-order chi connectivity index (χ1) is 15.6. The molecule has 0 bridgehead atoms. The normalized spacial score (nSPS) is 15.5. The number of aliphatic hydroxyl groups excluding tert-OH is 4. The number of carbonyl (C=O) groups is 2. The van der Waals surface area contributed by atoms with E-state index in [4.69, 9.17) is 30.6 Å². The van der Waals surface area contributed by atoms with Crippen LogP contribution in [0.3, 0.4) is 0 Å². The van der Waals surface area contributed by atoms with Crippen molar-refractivity contribution in [2.75, 3.05) is 14.1 Å². The highest BCUT2D eigenvalue weighted by Crippen LogP contribution is 2.05. The molecule has 0 amide bonds. The topological polar surface area (TPSA) is 180 Å². The first kappa shape index (κ1) is 36.7. The summed E-state index contributed by atoms with van der Waals surface area (Å²) >= 11 is 0. The van der Waals surface area contributed by atoms with Gasteiger partial charge in [-0.3, -0.25) is 0 Å². The van der Waals surface area contributed by atoms with Gasteiger partial charge in [0, 0.05) is 12.1 Å². The Morgan fingerprint density at radius 2 is 0.941 bits per heavy atom. The zero-order valence-corrected chi connectivity index (χ0v) is 21.9. The van der Waals surface area contributed by atoms with Gasteiger partial charge in [-0.05, 0) is 81.3 Å². The molecule has 0 rings (SSSR count). The van der Waals surface area contributed by atoms with Crippen LogP contribution < -0.4 is 10.6 Å². The molecule has 0 aliphatic carbocycles. The average Bonchev–Trinajstić information content (AvgIpc) is 2.76. The molecule has 34 heavy (non-hydrogen) atoms. The summed E-state index contributed by atoms with van der Waals surface area (Å²) in [7, 11) is 4.01. The molecule has 0 unspecified atom stereocenters. The summed E-state index contributed by atoms with van der Waals surface area (Å²) in [5.41, 5.74) is 2.84. The largest absolute Gasteiger partial charge is 0.479 e. The lowest BCUT2D eigenvalue weighted by atomic mass is 10.0. The van der Waals surface area contributed by atoms with Crippen LogP contribution in [0.25, 0.3) is 0 Å². The Morgan fingerprint density at radius 3 is 1.12 bits per heavy atom. The Labute approximate surface area is 204 Å². The number of rotatable bonds is 13. The lowest BCUT2D eigenvalue weighted by Crippen LogP contribution is -2.49. The third-order valence-corrected chi connectivity index (χ3v) is 4.79. The van der Waals surface area contributed by atoms with Crippen molar-refractivity contribution in [1.82, 2.24) is 10.6 Å². The van der Waals surface area contributed by atoms with Gasteiger partial charge in [-0.15, -0.1) is 0 Å². The summed E-state index contributed by atoms with van der Waals surface area (Å²) < 4.78 is 0. The number of carboxylic acid groups (broad SMARTS) is 2. The zero-order valence-electron chi connectivity index (χ0n) is 21.9. The third kappa shape index (κ3) is 22.0. The molecular weight excluding hydrogens is 444 g/mol. The molecule has 0 heterocycles. The molecule has 10 heteroatoms. The molecule has 0 spiro atoms. The van der Waals surface area contributed by atoms with Crippen LogP contribution in [0.15, 0.2) is 23.3 Å². The van der Waals surface area contributed by atoms with Crippen LogP contribution in [-0.2, 0) is 9.59 Å². The Kier molecular flexibility index (Phi) is 23.4. The Bertz CT molecular complexity index is 550. The van der Waals surface area contributed by atoms with Crippen LogP contribution in [0, 0.1) is 0 Å². The van der Waals surface area contributed by atoms with Crippen LogP contribution in [0.2, 0.25) is 0 Å². The highest BCUT2D eigenvalue weighted by molar-refractivity contribution is 5.75. The van der Waals surface area contributed by atoms with Crippen molar-refractivity contribution in [2.24, 2.45) is 0 Å². The highest BCUT2D eigenvalue weighted by Gasteiger charge is 2.37. The number of nitrogens with one attached hydrogen (secondary N) is 2. The Hall–Kier alpha value is -1.82. The fourth-order valence-corrected chi connectivity index (χ4v) is 2.20. The zero-order chi connectivity index (χ0) is 27.4. The van der Waals surface area contributed by atoms with Gasteiger partial charge in [-0.2, -0.15) is 0 Å². The van der Waals surface area contributed by atoms with Gasteiger partial charge in [0.05, 0.1) is 0 Å². The predicted molar refractivity (Wildman–Crippen MR) is 134 cm³/mol. The molecule has 10 nitrogen and oxygen atoms in total. The van der Waals surface area contributed by atoms with E-state index in [1.165, 1.54) is 36.8 Å². The van der Waals surface area contributed by atoms with Crippen molar-refractivity contribution in [3.8, 4) is 0 Å². The van der Waals surface area contributed by atoms with Gasteiger partial charge >= 0.3 is 11.9 Å². The lowest BCUT2D eigenvalue weighted by Gasteiger charge is -2.21. The second-order valence-electron chi connectivity index (χ2n) is 8.64. The van der Waals surface area contributed by atoms with Crippen molar-refractivity contribution in [3.63, 3.8) is 0 Å². The van der Waals surface area contributed by atoms with E-state index in [0.717, 1.165) is 0 Å².